The number of hydrogen-bond donors (Lipinski definition) is 0. The zero-order chi connectivity index (χ0) is 36.2. The lowest BCUT2D eigenvalue weighted by atomic mass is 9.97. The maximum Gasteiger partial charge on any atom is 0.164 e. The molecule has 0 aliphatic carbocycles. The number of benzene rings is 8. The van der Waals surface area contributed by atoms with E-state index in [4.69, 9.17) is 21.8 Å². The van der Waals surface area contributed by atoms with E-state index < -0.39 is 6.04 Å². The van der Waals surface area contributed by atoms with E-state index in [1.165, 1.54) is 0 Å². The van der Waals surface area contributed by atoms with Crippen molar-refractivity contribution in [1.29, 1.82) is 0 Å². The number of hydrogen-bond acceptors (Lipinski definition) is 3. The van der Waals surface area contributed by atoms with Crippen molar-refractivity contribution in [3.8, 4) is 56.4 Å². The Balaban J connectivity index is 1.14. The molecule has 224 valence electrons. The molecule has 0 aliphatic rings. The molecule has 0 unspecified atom stereocenters. The Labute approximate surface area is 285 Å². The Kier molecular flexibility index (Phi) is 5.61. The third-order valence-corrected chi connectivity index (χ3v) is 8.76. The van der Waals surface area contributed by atoms with Gasteiger partial charge < -0.3 is 0 Å². The summed E-state index contributed by atoms with van der Waals surface area (Å²) >= 11 is 0. The molecule has 9 rings (SSSR count). The fourth-order valence-electron chi connectivity index (χ4n) is 6.32. The fraction of sp³-hybridized carbons (Fsp3) is 0. The number of fused-ring (bicyclic) bond motifs is 3. The second kappa shape index (κ2) is 11.7. The summed E-state index contributed by atoms with van der Waals surface area (Å²) in [6.45, 7) is 0. The van der Waals surface area contributed by atoms with Gasteiger partial charge in [0.15, 0.2) is 17.5 Å². The minimum Gasteiger partial charge on any atom is -0.208 e. The minimum atomic E-state index is -0.400. The Morgan fingerprint density at radius 2 is 0.833 bits per heavy atom. The average molecular weight is 617 g/mol. The van der Waals surface area contributed by atoms with Gasteiger partial charge in [-0.1, -0.05) is 152 Å². The van der Waals surface area contributed by atoms with E-state index in [1.807, 2.05) is 72.8 Å². The van der Waals surface area contributed by atoms with E-state index in [2.05, 4.69) is 72.8 Å². The van der Waals surface area contributed by atoms with Gasteiger partial charge in [0.25, 0.3) is 0 Å². The molecule has 1 heterocycles. The maximum absolute atomic E-state index is 8.42. The Morgan fingerprint density at radius 1 is 0.333 bits per heavy atom. The van der Waals surface area contributed by atoms with Gasteiger partial charge in [-0.15, -0.1) is 0 Å². The van der Waals surface area contributed by atoms with Crippen molar-refractivity contribution in [2.24, 2.45) is 0 Å². The van der Waals surface area contributed by atoms with Crippen molar-refractivity contribution in [1.82, 2.24) is 15.0 Å². The molecule has 0 aliphatic heterocycles. The molecule has 3 heteroatoms. The lowest BCUT2D eigenvalue weighted by Crippen LogP contribution is -2.00. The largest absolute Gasteiger partial charge is 0.208 e. The first-order valence-corrected chi connectivity index (χ1v) is 15.8. The first-order chi connectivity index (χ1) is 25.8. The summed E-state index contributed by atoms with van der Waals surface area (Å²) in [5.74, 6) is 1.76. The molecule has 0 radical (unpaired) electrons. The number of aromatic nitrogens is 3. The molecule has 8 aromatic carbocycles. The van der Waals surface area contributed by atoms with E-state index in [0.717, 1.165) is 60.1 Å². The van der Waals surface area contributed by atoms with Gasteiger partial charge in [-0.05, 0) is 78.8 Å². The smallest absolute Gasteiger partial charge is 0.164 e. The fourth-order valence-corrected chi connectivity index (χ4v) is 6.32. The highest BCUT2D eigenvalue weighted by molar-refractivity contribution is 5.96. The van der Waals surface area contributed by atoms with Crippen LogP contribution in [0.1, 0.15) is 6.85 Å². The van der Waals surface area contributed by atoms with Crippen LogP contribution in [0.3, 0.4) is 0 Å². The van der Waals surface area contributed by atoms with E-state index >= 15 is 0 Å². The van der Waals surface area contributed by atoms with Crippen LogP contribution in [0.2, 0.25) is 0 Å². The highest BCUT2D eigenvalue weighted by Crippen LogP contribution is 2.33. The van der Waals surface area contributed by atoms with Gasteiger partial charge in [-0.3, -0.25) is 0 Å². The van der Waals surface area contributed by atoms with Crippen molar-refractivity contribution in [2.45, 2.75) is 0 Å². The molecule has 0 bridgehead atoms. The highest BCUT2D eigenvalue weighted by atomic mass is 15.0. The third-order valence-electron chi connectivity index (χ3n) is 8.76. The molecule has 3 nitrogen and oxygen atoms in total. The van der Waals surface area contributed by atoms with E-state index in [1.54, 1.807) is 0 Å². The first kappa shape index (κ1) is 23.0. The molecule has 48 heavy (non-hydrogen) atoms. The summed E-state index contributed by atoms with van der Waals surface area (Å²) in [4.78, 5) is 15.2. The first-order valence-electron chi connectivity index (χ1n) is 18.3. The SMILES string of the molecule is [2H]c1c([2H])c([2H])c(-c2ccc3cc(-c4cccc(-c5nc(-c6ccc7ccccc7c6)nc(-c6cccc7ccccc67)n5)c4)ccc3c2)c([2H])c1[2H]. The minimum absolute atomic E-state index is 0.193. The molecule has 0 spiro atoms. The second-order valence-electron chi connectivity index (χ2n) is 11.8. The van der Waals surface area contributed by atoms with Crippen LogP contribution >= 0.6 is 0 Å². The van der Waals surface area contributed by atoms with Gasteiger partial charge in [0.2, 0.25) is 0 Å². The Bertz CT molecular complexity index is 2890. The zero-order valence-electron chi connectivity index (χ0n) is 30.7. The number of nitrogens with zero attached hydrogens (tertiary/aromatic N) is 3. The van der Waals surface area contributed by atoms with Crippen molar-refractivity contribution in [2.75, 3.05) is 0 Å². The second-order valence-corrected chi connectivity index (χ2v) is 11.8. The van der Waals surface area contributed by atoms with E-state index in [0.29, 0.717) is 23.0 Å². The normalized spacial score (nSPS) is 12.8. The molecule has 0 saturated heterocycles. The van der Waals surface area contributed by atoms with Gasteiger partial charge in [-0.25, -0.2) is 15.0 Å². The van der Waals surface area contributed by atoms with Crippen molar-refractivity contribution < 1.29 is 6.85 Å². The van der Waals surface area contributed by atoms with Crippen LogP contribution < -0.4 is 0 Å². The van der Waals surface area contributed by atoms with Gasteiger partial charge in [0.05, 0.1) is 6.85 Å². The van der Waals surface area contributed by atoms with Gasteiger partial charge in [0.1, 0.15) is 0 Å². The van der Waals surface area contributed by atoms with Gasteiger partial charge >= 0.3 is 0 Å². The summed E-state index contributed by atoms with van der Waals surface area (Å²) in [6, 6.07) is 47.3. The average Bonchev–Trinajstić information content (AvgIpc) is 3.21. The van der Waals surface area contributed by atoms with Crippen LogP contribution in [-0.4, -0.2) is 15.0 Å². The Hall–Kier alpha value is -6.45. The third kappa shape index (κ3) is 5.18. The monoisotopic (exact) mass is 616 g/mol. The standard InChI is InChI=1S/C45H29N3/c1-2-10-30(11-3-1)35-21-22-38-27-36(23-24-37(38)26-35)34-16-8-17-39(29-34)43-46-44(40-25-20-31-12-4-5-14-33(31)28-40)48-45(47-43)42-19-9-15-32-13-6-7-18-41(32)42/h1-29H/i1D,2D,3D,10D,11D. The molecule has 0 N–H and O–H groups in total. The summed E-state index contributed by atoms with van der Waals surface area (Å²) in [5.41, 5.74) is 5.43. The van der Waals surface area contributed by atoms with E-state index in [9.17, 15) is 0 Å². The number of rotatable bonds is 5. The van der Waals surface area contributed by atoms with E-state index in [-0.39, 0.29) is 29.7 Å². The molecule has 0 fully saturated rings. The summed E-state index contributed by atoms with van der Waals surface area (Å²) in [5, 5.41) is 6.28. The summed E-state index contributed by atoms with van der Waals surface area (Å²) in [6.07, 6.45) is 0. The molecule has 9 aromatic rings. The highest BCUT2D eigenvalue weighted by Gasteiger charge is 2.15. The summed E-state index contributed by atoms with van der Waals surface area (Å²) in [7, 11) is 0. The Morgan fingerprint density at radius 3 is 1.62 bits per heavy atom. The van der Waals surface area contributed by atoms with Crippen LogP contribution in [0.5, 0.6) is 0 Å². The molecule has 1 aromatic heterocycles. The molecular formula is C45H29N3. The molecule has 0 atom stereocenters. The maximum atomic E-state index is 8.42. The van der Waals surface area contributed by atoms with Crippen molar-refractivity contribution >= 4 is 32.3 Å². The van der Waals surface area contributed by atoms with Crippen LogP contribution in [0.15, 0.2) is 176 Å². The lowest BCUT2D eigenvalue weighted by molar-refractivity contribution is 1.08. The van der Waals surface area contributed by atoms with Crippen molar-refractivity contribution in [3.05, 3.63) is 176 Å². The topological polar surface area (TPSA) is 38.7 Å². The van der Waals surface area contributed by atoms with Crippen molar-refractivity contribution in [3.63, 3.8) is 0 Å². The zero-order valence-corrected chi connectivity index (χ0v) is 25.7. The lowest BCUT2D eigenvalue weighted by Gasteiger charge is -2.12. The predicted molar refractivity (Wildman–Crippen MR) is 200 cm³/mol. The summed E-state index contributed by atoms with van der Waals surface area (Å²) < 4.78 is 41.0. The molecular weight excluding hydrogens is 583 g/mol. The predicted octanol–water partition coefficient (Wildman–Crippen LogP) is 11.7. The van der Waals surface area contributed by atoms with Gasteiger partial charge in [-0.2, -0.15) is 0 Å². The van der Waals surface area contributed by atoms with Gasteiger partial charge in [0, 0.05) is 16.7 Å². The van der Waals surface area contributed by atoms with Crippen LogP contribution in [0.25, 0.3) is 88.7 Å². The van der Waals surface area contributed by atoms with Crippen LogP contribution in [0.4, 0.5) is 0 Å². The van der Waals surface area contributed by atoms with Crippen LogP contribution in [0, 0.1) is 0 Å². The van der Waals surface area contributed by atoms with Crippen LogP contribution in [-0.2, 0) is 0 Å². The molecule has 0 saturated carbocycles. The quantitative estimate of drug-likeness (QED) is 0.193. The molecule has 0 amide bonds.